The summed E-state index contributed by atoms with van der Waals surface area (Å²) in [5.41, 5.74) is 1.25. The summed E-state index contributed by atoms with van der Waals surface area (Å²) in [5, 5.41) is 10.6. The van der Waals surface area contributed by atoms with Gasteiger partial charge in [-0.25, -0.2) is 0 Å². The summed E-state index contributed by atoms with van der Waals surface area (Å²) in [6.07, 6.45) is 0. The Morgan fingerprint density at radius 3 is 2.30 bits per heavy atom. The zero-order valence-electron chi connectivity index (χ0n) is 12.4. The first-order valence-corrected chi connectivity index (χ1v) is 7.47. The third-order valence-electron chi connectivity index (χ3n) is 3.82. The van der Waals surface area contributed by atoms with Gasteiger partial charge in [0.15, 0.2) is 11.5 Å². The molecule has 0 radical (unpaired) electrons. The molecule has 0 saturated heterocycles. The molecule has 2 aromatic carbocycles. The van der Waals surface area contributed by atoms with E-state index in [2.05, 4.69) is 0 Å². The fourth-order valence-corrected chi connectivity index (χ4v) is 3.05. The maximum Gasteiger partial charge on any atom is 0.294 e. The zero-order valence-corrected chi connectivity index (χ0v) is 13.1. The predicted molar refractivity (Wildman–Crippen MR) is 88.5 cm³/mol. The minimum atomic E-state index is -0.740. The van der Waals surface area contributed by atoms with Crippen molar-refractivity contribution in [2.24, 2.45) is 0 Å². The van der Waals surface area contributed by atoms with Gasteiger partial charge in [0, 0.05) is 10.7 Å². The molecule has 116 valence electrons. The third-order valence-corrected chi connectivity index (χ3v) is 4.17. The second kappa shape index (κ2) is 5.89. The quantitative estimate of drug-likeness (QED) is 0.932. The van der Waals surface area contributed by atoms with Crippen LogP contribution in [0.25, 0.3) is 0 Å². The van der Waals surface area contributed by atoms with E-state index in [1.807, 2.05) is 6.07 Å². The highest BCUT2D eigenvalue weighted by molar-refractivity contribution is 6.31. The largest absolute Gasteiger partial charge is 0.503 e. The van der Waals surface area contributed by atoms with Crippen molar-refractivity contribution in [3.05, 3.63) is 76.5 Å². The molecule has 1 atom stereocenters. The van der Waals surface area contributed by atoms with Crippen molar-refractivity contribution in [2.75, 3.05) is 4.90 Å². The van der Waals surface area contributed by atoms with Crippen molar-refractivity contribution >= 4 is 29.0 Å². The lowest BCUT2D eigenvalue weighted by Gasteiger charge is -2.27. The highest BCUT2D eigenvalue weighted by Crippen LogP contribution is 2.42. The van der Waals surface area contributed by atoms with Gasteiger partial charge in [0.1, 0.15) is 0 Å². The van der Waals surface area contributed by atoms with Crippen LogP contribution >= 0.6 is 11.6 Å². The van der Waals surface area contributed by atoms with Crippen LogP contribution in [0.4, 0.5) is 5.69 Å². The van der Waals surface area contributed by atoms with Crippen LogP contribution in [0.15, 0.2) is 65.9 Å². The Bertz CT molecular complexity index is 814. The molecule has 0 aromatic heterocycles. The topological polar surface area (TPSA) is 57.6 Å². The molecule has 0 spiro atoms. The lowest BCUT2D eigenvalue weighted by molar-refractivity contribution is -0.117. The van der Waals surface area contributed by atoms with Crippen molar-refractivity contribution in [1.29, 1.82) is 0 Å². The number of benzene rings is 2. The lowest BCUT2D eigenvalue weighted by atomic mass is 9.96. The number of aliphatic hydroxyl groups is 1. The third kappa shape index (κ3) is 2.51. The molecule has 0 saturated carbocycles. The van der Waals surface area contributed by atoms with Crippen LogP contribution in [-0.2, 0) is 9.59 Å². The van der Waals surface area contributed by atoms with E-state index in [-0.39, 0.29) is 11.4 Å². The van der Waals surface area contributed by atoms with Gasteiger partial charge < -0.3 is 5.11 Å². The van der Waals surface area contributed by atoms with Crippen molar-refractivity contribution < 1.29 is 14.7 Å². The molecule has 1 amide bonds. The molecular weight excluding hydrogens is 314 g/mol. The van der Waals surface area contributed by atoms with Crippen LogP contribution in [0, 0.1) is 0 Å². The number of hydrogen-bond donors (Lipinski definition) is 1. The second-order valence-corrected chi connectivity index (χ2v) is 5.66. The van der Waals surface area contributed by atoms with Crippen molar-refractivity contribution in [2.45, 2.75) is 13.0 Å². The summed E-state index contributed by atoms with van der Waals surface area (Å²) >= 11 is 6.27. The molecule has 0 aliphatic carbocycles. The molecule has 1 aliphatic rings. The van der Waals surface area contributed by atoms with Gasteiger partial charge in [-0.2, -0.15) is 0 Å². The van der Waals surface area contributed by atoms with E-state index in [9.17, 15) is 14.7 Å². The van der Waals surface area contributed by atoms with Crippen LogP contribution < -0.4 is 4.90 Å². The SMILES string of the molecule is CC(=O)C1=C(O)C(=O)N(c2ccccc2)C1c1ccccc1Cl. The van der Waals surface area contributed by atoms with E-state index in [1.54, 1.807) is 48.5 Å². The number of para-hydroxylation sites is 1. The molecule has 3 rings (SSSR count). The van der Waals surface area contributed by atoms with E-state index in [0.717, 1.165) is 0 Å². The molecule has 1 aliphatic heterocycles. The maximum absolute atomic E-state index is 12.5. The number of carbonyl (C=O) groups is 2. The Hall–Kier alpha value is -2.59. The standard InChI is InChI=1S/C18H14ClNO3/c1-11(21)15-16(13-9-5-6-10-14(13)19)20(18(23)17(15)22)12-7-3-2-4-8-12/h2-10,16,22H,1H3. The molecule has 0 bridgehead atoms. The van der Waals surface area contributed by atoms with Crippen molar-refractivity contribution in [3.8, 4) is 0 Å². The molecule has 2 aromatic rings. The van der Waals surface area contributed by atoms with Crippen molar-refractivity contribution in [1.82, 2.24) is 0 Å². The number of nitrogens with zero attached hydrogens (tertiary/aromatic N) is 1. The molecular formula is C18H14ClNO3. The van der Waals surface area contributed by atoms with Gasteiger partial charge in [0.2, 0.25) is 0 Å². The number of Topliss-reactive ketones (excluding diaryl/α,β-unsaturated/α-hetero) is 1. The van der Waals surface area contributed by atoms with Gasteiger partial charge in [0.05, 0.1) is 11.6 Å². The number of carbonyl (C=O) groups excluding carboxylic acids is 2. The molecule has 1 N–H and O–H groups in total. The number of amides is 1. The maximum atomic E-state index is 12.5. The van der Waals surface area contributed by atoms with E-state index in [4.69, 9.17) is 11.6 Å². The molecule has 1 unspecified atom stereocenters. The Morgan fingerprint density at radius 2 is 1.70 bits per heavy atom. The summed E-state index contributed by atoms with van der Waals surface area (Å²) in [6.45, 7) is 1.33. The Balaban J connectivity index is 2.22. The van der Waals surface area contributed by atoms with Gasteiger partial charge in [0.25, 0.3) is 5.91 Å². The molecule has 23 heavy (non-hydrogen) atoms. The van der Waals surface area contributed by atoms with Gasteiger partial charge in [-0.05, 0) is 30.7 Å². The fourth-order valence-electron chi connectivity index (χ4n) is 2.81. The first-order chi connectivity index (χ1) is 11.0. The molecule has 1 heterocycles. The monoisotopic (exact) mass is 327 g/mol. The first-order valence-electron chi connectivity index (χ1n) is 7.09. The van der Waals surface area contributed by atoms with E-state index >= 15 is 0 Å². The Kier molecular flexibility index (Phi) is 3.92. The van der Waals surface area contributed by atoms with Crippen LogP contribution in [0.3, 0.4) is 0 Å². The molecule has 5 heteroatoms. The second-order valence-electron chi connectivity index (χ2n) is 5.25. The lowest BCUT2D eigenvalue weighted by Crippen LogP contribution is -2.30. The van der Waals surface area contributed by atoms with Gasteiger partial charge >= 0.3 is 0 Å². The minimum Gasteiger partial charge on any atom is -0.503 e. The van der Waals surface area contributed by atoms with Crippen molar-refractivity contribution in [3.63, 3.8) is 0 Å². The highest BCUT2D eigenvalue weighted by Gasteiger charge is 2.43. The summed E-state index contributed by atoms with van der Waals surface area (Å²) in [5.74, 6) is -1.49. The Labute approximate surface area is 138 Å². The smallest absolute Gasteiger partial charge is 0.294 e. The minimum absolute atomic E-state index is 0.0620. The fraction of sp³-hybridized carbons (Fsp3) is 0.111. The van der Waals surface area contributed by atoms with Gasteiger partial charge in [-0.1, -0.05) is 48.0 Å². The number of hydrogen-bond acceptors (Lipinski definition) is 3. The number of halogens is 1. The van der Waals surface area contributed by atoms with Crippen LogP contribution in [-0.4, -0.2) is 16.8 Å². The van der Waals surface area contributed by atoms with Crippen LogP contribution in [0.2, 0.25) is 5.02 Å². The zero-order chi connectivity index (χ0) is 16.6. The normalized spacial score (nSPS) is 17.7. The predicted octanol–water partition coefficient (Wildman–Crippen LogP) is 3.83. The van der Waals surface area contributed by atoms with E-state index < -0.39 is 17.7 Å². The number of aliphatic hydroxyl groups excluding tert-OH is 1. The number of rotatable bonds is 3. The average molecular weight is 328 g/mol. The summed E-state index contributed by atoms with van der Waals surface area (Å²) in [4.78, 5) is 26.0. The summed E-state index contributed by atoms with van der Waals surface area (Å²) < 4.78 is 0. The average Bonchev–Trinajstić information content (AvgIpc) is 2.80. The van der Waals surface area contributed by atoms with Gasteiger partial charge in [-0.3, -0.25) is 14.5 Å². The van der Waals surface area contributed by atoms with Crippen LogP contribution in [0.5, 0.6) is 0 Å². The van der Waals surface area contributed by atoms with E-state index in [0.29, 0.717) is 16.3 Å². The summed E-state index contributed by atoms with van der Waals surface area (Å²) in [7, 11) is 0. The highest BCUT2D eigenvalue weighted by atomic mass is 35.5. The first kappa shape index (κ1) is 15.3. The van der Waals surface area contributed by atoms with Crippen LogP contribution in [0.1, 0.15) is 18.5 Å². The summed E-state index contributed by atoms with van der Waals surface area (Å²) in [6, 6.07) is 15.1. The van der Waals surface area contributed by atoms with E-state index in [1.165, 1.54) is 11.8 Å². The number of ketones is 1. The molecule has 4 nitrogen and oxygen atoms in total. The Morgan fingerprint density at radius 1 is 1.09 bits per heavy atom. The van der Waals surface area contributed by atoms with Gasteiger partial charge in [-0.15, -0.1) is 0 Å². The molecule has 0 fully saturated rings. The number of anilines is 1.